The van der Waals surface area contributed by atoms with Gasteiger partial charge < -0.3 is 14.6 Å². The van der Waals surface area contributed by atoms with Crippen molar-refractivity contribution in [2.45, 2.75) is 0 Å². The summed E-state index contributed by atoms with van der Waals surface area (Å²) in [5, 5.41) is 17.5. The number of ether oxygens (including phenoxy) is 2. The van der Waals surface area contributed by atoms with Crippen molar-refractivity contribution in [1.29, 1.82) is 0 Å². The molecule has 3 rings (SSSR count). The average molecular weight is 296 g/mol. The first kappa shape index (κ1) is 14.0. The Morgan fingerprint density at radius 2 is 1.77 bits per heavy atom. The van der Waals surface area contributed by atoms with Crippen molar-refractivity contribution in [2.75, 3.05) is 14.2 Å². The fourth-order valence-electron chi connectivity index (χ4n) is 2.33. The van der Waals surface area contributed by atoms with Crippen LogP contribution in [0.3, 0.4) is 0 Å². The second-order valence-corrected chi connectivity index (χ2v) is 4.76. The number of aromatic hydroxyl groups is 1. The Morgan fingerprint density at radius 3 is 2.45 bits per heavy atom. The van der Waals surface area contributed by atoms with E-state index in [0.29, 0.717) is 22.8 Å². The minimum atomic E-state index is 0.0689. The number of rotatable bonds is 4. The molecule has 112 valence electrons. The lowest BCUT2D eigenvalue weighted by atomic mass is 10.1. The van der Waals surface area contributed by atoms with Crippen molar-refractivity contribution >= 4 is 0 Å². The largest absolute Gasteiger partial charge is 0.507 e. The third kappa shape index (κ3) is 2.48. The number of aromatic nitrogens is 2. The summed E-state index contributed by atoms with van der Waals surface area (Å²) in [4.78, 5) is 0. The zero-order valence-electron chi connectivity index (χ0n) is 12.3. The van der Waals surface area contributed by atoms with Gasteiger partial charge in [0.15, 0.2) is 0 Å². The molecular weight excluding hydrogens is 280 g/mol. The number of H-pyrrole nitrogens is 1. The van der Waals surface area contributed by atoms with Gasteiger partial charge in [-0.25, -0.2) is 0 Å². The maximum atomic E-state index is 10.3. The van der Waals surface area contributed by atoms with Crippen molar-refractivity contribution in [2.24, 2.45) is 0 Å². The van der Waals surface area contributed by atoms with Gasteiger partial charge in [0.05, 0.1) is 31.2 Å². The van der Waals surface area contributed by atoms with E-state index in [0.717, 1.165) is 11.3 Å². The minimum Gasteiger partial charge on any atom is -0.507 e. The van der Waals surface area contributed by atoms with Crippen LogP contribution >= 0.6 is 0 Å². The van der Waals surface area contributed by atoms with Gasteiger partial charge in [0.1, 0.15) is 17.2 Å². The topological polar surface area (TPSA) is 67.4 Å². The van der Waals surface area contributed by atoms with E-state index in [9.17, 15) is 5.11 Å². The van der Waals surface area contributed by atoms with Crippen molar-refractivity contribution < 1.29 is 14.6 Å². The van der Waals surface area contributed by atoms with Gasteiger partial charge in [0.2, 0.25) is 0 Å². The summed E-state index contributed by atoms with van der Waals surface area (Å²) < 4.78 is 10.5. The third-order valence-corrected chi connectivity index (χ3v) is 3.43. The van der Waals surface area contributed by atoms with Crippen LogP contribution in [0.25, 0.3) is 22.5 Å². The predicted molar refractivity (Wildman–Crippen MR) is 84.2 cm³/mol. The first-order valence-corrected chi connectivity index (χ1v) is 6.79. The Kier molecular flexibility index (Phi) is 3.70. The highest BCUT2D eigenvalue weighted by Gasteiger charge is 2.16. The van der Waals surface area contributed by atoms with Gasteiger partial charge in [0.25, 0.3) is 0 Å². The van der Waals surface area contributed by atoms with Crippen LogP contribution in [-0.4, -0.2) is 29.5 Å². The summed E-state index contributed by atoms with van der Waals surface area (Å²) in [7, 11) is 3.09. The van der Waals surface area contributed by atoms with Crippen molar-refractivity contribution in [1.82, 2.24) is 10.2 Å². The molecule has 0 saturated heterocycles. The van der Waals surface area contributed by atoms with Gasteiger partial charge >= 0.3 is 0 Å². The van der Waals surface area contributed by atoms with E-state index in [1.807, 2.05) is 36.4 Å². The first-order valence-electron chi connectivity index (χ1n) is 6.79. The maximum absolute atomic E-state index is 10.3. The van der Waals surface area contributed by atoms with Crippen molar-refractivity contribution in [3.8, 4) is 39.8 Å². The molecule has 0 saturated carbocycles. The normalized spacial score (nSPS) is 10.5. The molecule has 1 heterocycles. The van der Waals surface area contributed by atoms with E-state index in [-0.39, 0.29) is 5.75 Å². The van der Waals surface area contributed by atoms with Crippen LogP contribution < -0.4 is 9.47 Å². The molecule has 0 aliphatic rings. The molecule has 0 radical (unpaired) electrons. The summed E-state index contributed by atoms with van der Waals surface area (Å²) in [5.74, 6) is 1.11. The van der Waals surface area contributed by atoms with Gasteiger partial charge in [-0.15, -0.1) is 0 Å². The molecule has 0 unspecified atom stereocenters. The zero-order chi connectivity index (χ0) is 15.5. The molecule has 1 aromatic heterocycles. The lowest BCUT2D eigenvalue weighted by molar-refractivity contribution is 0.386. The molecule has 2 N–H and O–H groups in total. The molecule has 5 heteroatoms. The summed E-state index contributed by atoms with van der Waals surface area (Å²) in [5.41, 5.74) is 3.03. The predicted octanol–water partition coefficient (Wildman–Crippen LogP) is 3.47. The number of hydrogen-bond acceptors (Lipinski definition) is 4. The molecule has 0 aliphatic heterocycles. The van der Waals surface area contributed by atoms with Crippen LogP contribution in [0.2, 0.25) is 0 Å². The Hall–Kier alpha value is -2.95. The Labute approximate surface area is 128 Å². The molecule has 0 amide bonds. The number of nitrogens with one attached hydrogen (secondary N) is 1. The van der Waals surface area contributed by atoms with Crippen molar-refractivity contribution in [3.63, 3.8) is 0 Å². The molecule has 0 bridgehead atoms. The highest BCUT2D eigenvalue weighted by atomic mass is 16.5. The Balaban J connectivity index is 2.07. The number of benzene rings is 2. The second-order valence-electron chi connectivity index (χ2n) is 4.76. The molecule has 5 nitrogen and oxygen atoms in total. The van der Waals surface area contributed by atoms with Gasteiger partial charge in [-0.05, 0) is 6.07 Å². The fourth-order valence-corrected chi connectivity index (χ4v) is 2.33. The molecular formula is C17H16N2O3. The number of phenolic OH excluding ortho intramolecular Hbond substituents is 1. The zero-order valence-corrected chi connectivity index (χ0v) is 12.3. The number of hydrogen-bond donors (Lipinski definition) is 2. The van der Waals surface area contributed by atoms with E-state index in [2.05, 4.69) is 10.2 Å². The van der Waals surface area contributed by atoms with Crippen LogP contribution in [0.15, 0.2) is 48.5 Å². The number of nitrogens with zero attached hydrogens (tertiary/aromatic N) is 1. The molecule has 0 aliphatic carbocycles. The summed E-state index contributed by atoms with van der Waals surface area (Å²) >= 11 is 0. The van der Waals surface area contributed by atoms with Gasteiger partial charge in [-0.1, -0.05) is 30.3 Å². The summed E-state index contributed by atoms with van der Waals surface area (Å²) in [6.07, 6.45) is 0. The van der Waals surface area contributed by atoms with Crippen molar-refractivity contribution in [3.05, 3.63) is 48.5 Å². The van der Waals surface area contributed by atoms with Gasteiger partial charge in [-0.2, -0.15) is 5.10 Å². The third-order valence-electron chi connectivity index (χ3n) is 3.43. The average Bonchev–Trinajstić information content (AvgIpc) is 3.04. The van der Waals surface area contributed by atoms with Crippen LogP contribution in [0.1, 0.15) is 0 Å². The lowest BCUT2D eigenvalue weighted by Gasteiger charge is -2.11. The summed E-state index contributed by atoms with van der Waals surface area (Å²) in [6.45, 7) is 0. The standard InChI is InChI=1S/C17H16N2O3/c1-21-12-8-15(20)17(16(9-12)22-2)14-10-13(18-19-14)11-6-4-3-5-7-11/h3-10,20H,1-2H3,(H,18,19). The minimum absolute atomic E-state index is 0.0689. The highest BCUT2D eigenvalue weighted by molar-refractivity contribution is 5.78. The van der Waals surface area contributed by atoms with E-state index < -0.39 is 0 Å². The van der Waals surface area contributed by atoms with E-state index >= 15 is 0 Å². The molecule has 2 aromatic carbocycles. The smallest absolute Gasteiger partial charge is 0.135 e. The fraction of sp³-hybridized carbons (Fsp3) is 0.118. The molecule has 0 fully saturated rings. The molecule has 0 atom stereocenters. The first-order chi connectivity index (χ1) is 10.7. The molecule has 3 aromatic rings. The van der Waals surface area contributed by atoms with Gasteiger partial charge in [0, 0.05) is 17.7 Å². The Morgan fingerprint density at radius 1 is 1.00 bits per heavy atom. The van der Waals surface area contributed by atoms with Crippen LogP contribution in [0, 0.1) is 0 Å². The molecule has 22 heavy (non-hydrogen) atoms. The number of methoxy groups -OCH3 is 2. The Bertz CT molecular complexity index is 782. The number of aromatic amines is 1. The lowest BCUT2D eigenvalue weighted by Crippen LogP contribution is -1.91. The van der Waals surface area contributed by atoms with E-state index in [1.165, 1.54) is 7.11 Å². The monoisotopic (exact) mass is 296 g/mol. The van der Waals surface area contributed by atoms with E-state index in [1.54, 1.807) is 19.2 Å². The SMILES string of the molecule is COc1cc(O)c(-c2cc(-c3ccccc3)n[nH]2)c(OC)c1. The van der Waals surface area contributed by atoms with Crippen LogP contribution in [-0.2, 0) is 0 Å². The quantitative estimate of drug-likeness (QED) is 0.773. The maximum Gasteiger partial charge on any atom is 0.135 e. The number of phenols is 1. The van der Waals surface area contributed by atoms with Gasteiger partial charge in [-0.3, -0.25) is 5.10 Å². The van der Waals surface area contributed by atoms with Crippen LogP contribution in [0.5, 0.6) is 17.2 Å². The highest BCUT2D eigenvalue weighted by Crippen LogP contribution is 2.41. The van der Waals surface area contributed by atoms with Crippen LogP contribution in [0.4, 0.5) is 0 Å². The second kappa shape index (κ2) is 5.81. The van der Waals surface area contributed by atoms with E-state index in [4.69, 9.17) is 9.47 Å². The molecule has 0 spiro atoms. The summed E-state index contributed by atoms with van der Waals surface area (Å²) in [6, 6.07) is 15.0.